The van der Waals surface area contributed by atoms with Gasteiger partial charge in [0.1, 0.15) is 11.5 Å². The van der Waals surface area contributed by atoms with Gasteiger partial charge in [0.2, 0.25) is 0 Å². The third-order valence-corrected chi connectivity index (χ3v) is 6.03. The Morgan fingerprint density at radius 3 is 2.36 bits per heavy atom. The van der Waals surface area contributed by atoms with Gasteiger partial charge in [0.15, 0.2) is 11.5 Å². The van der Waals surface area contributed by atoms with Gasteiger partial charge < -0.3 is 29.0 Å². The first-order valence-corrected chi connectivity index (χ1v) is 11.9. The monoisotopic (exact) mass is 497 g/mol. The highest BCUT2D eigenvalue weighted by Gasteiger charge is 2.46. The number of aryl methyl sites for hydroxylation is 2. The standard InChI is InChI=1S/C28H35NO7/c1-16(2)36-21-10-9-19(15-22(21)34-6)24-23(26(31)28(32)29(24)11-8-12-33-5)25(30)20-14-17(3)13-18(4)27(20)35-7/h9-10,13-16,24,30H,8,11-12H2,1-7H3/b25-23+. The summed E-state index contributed by atoms with van der Waals surface area (Å²) in [5.74, 6) is -0.255. The van der Waals surface area contributed by atoms with E-state index in [0.717, 1.165) is 11.1 Å². The van der Waals surface area contributed by atoms with Gasteiger partial charge in [-0.1, -0.05) is 12.1 Å². The van der Waals surface area contributed by atoms with E-state index in [9.17, 15) is 14.7 Å². The number of methoxy groups -OCH3 is 3. The second kappa shape index (κ2) is 11.5. The largest absolute Gasteiger partial charge is 0.507 e. The van der Waals surface area contributed by atoms with Crippen LogP contribution in [0.2, 0.25) is 0 Å². The molecule has 2 aromatic rings. The summed E-state index contributed by atoms with van der Waals surface area (Å²) in [6, 6.07) is 8.12. The number of hydrogen-bond donors (Lipinski definition) is 1. The molecule has 1 fully saturated rings. The van der Waals surface area contributed by atoms with Gasteiger partial charge in [-0.2, -0.15) is 0 Å². The summed E-state index contributed by atoms with van der Waals surface area (Å²) in [6.45, 7) is 8.27. The number of nitrogens with zero attached hydrogens (tertiary/aromatic N) is 1. The maximum Gasteiger partial charge on any atom is 0.295 e. The first-order valence-electron chi connectivity index (χ1n) is 11.9. The Kier molecular flexibility index (Phi) is 8.63. The van der Waals surface area contributed by atoms with E-state index in [1.807, 2.05) is 33.8 Å². The Labute approximate surface area is 212 Å². The molecule has 0 saturated carbocycles. The lowest BCUT2D eigenvalue weighted by Crippen LogP contribution is -2.31. The normalized spacial score (nSPS) is 17.1. The summed E-state index contributed by atoms with van der Waals surface area (Å²) in [7, 11) is 4.62. The van der Waals surface area contributed by atoms with Gasteiger partial charge in [-0.05, 0) is 69.0 Å². The van der Waals surface area contributed by atoms with Crippen LogP contribution in [-0.2, 0) is 14.3 Å². The summed E-state index contributed by atoms with van der Waals surface area (Å²) in [6.07, 6.45) is 0.458. The Balaban J connectivity index is 2.24. The Bertz CT molecular complexity index is 1170. The minimum Gasteiger partial charge on any atom is -0.507 e. The van der Waals surface area contributed by atoms with Crippen molar-refractivity contribution in [1.82, 2.24) is 4.90 Å². The zero-order chi connectivity index (χ0) is 26.6. The molecule has 8 heteroatoms. The van der Waals surface area contributed by atoms with Crippen molar-refractivity contribution in [3.8, 4) is 17.2 Å². The van der Waals surface area contributed by atoms with Gasteiger partial charge in [0.25, 0.3) is 11.7 Å². The van der Waals surface area contributed by atoms with Crippen LogP contribution in [0.5, 0.6) is 17.2 Å². The molecule has 3 rings (SSSR count). The van der Waals surface area contributed by atoms with Crippen LogP contribution >= 0.6 is 0 Å². The van der Waals surface area contributed by atoms with Crippen LogP contribution in [0.25, 0.3) is 5.76 Å². The highest BCUT2D eigenvalue weighted by molar-refractivity contribution is 6.46. The molecule has 1 amide bonds. The fraction of sp³-hybridized carbons (Fsp3) is 0.429. The van der Waals surface area contributed by atoms with Crippen LogP contribution in [0.15, 0.2) is 35.9 Å². The van der Waals surface area contributed by atoms with Crippen molar-refractivity contribution in [2.75, 3.05) is 34.5 Å². The van der Waals surface area contributed by atoms with E-state index in [-0.39, 0.29) is 24.0 Å². The second-order valence-electron chi connectivity index (χ2n) is 9.08. The Morgan fingerprint density at radius 2 is 1.75 bits per heavy atom. The smallest absolute Gasteiger partial charge is 0.295 e. The number of aliphatic hydroxyl groups excluding tert-OH is 1. The summed E-state index contributed by atoms with van der Waals surface area (Å²) in [4.78, 5) is 28.0. The average molecular weight is 498 g/mol. The number of benzene rings is 2. The topological polar surface area (TPSA) is 94.5 Å². The number of carbonyl (C=O) groups excluding carboxylic acids is 2. The van der Waals surface area contributed by atoms with E-state index >= 15 is 0 Å². The maximum absolute atomic E-state index is 13.3. The quantitative estimate of drug-likeness (QED) is 0.222. The van der Waals surface area contributed by atoms with Crippen molar-refractivity contribution in [1.29, 1.82) is 0 Å². The molecule has 1 unspecified atom stereocenters. The number of ketones is 1. The lowest BCUT2D eigenvalue weighted by atomic mass is 9.93. The molecule has 1 aliphatic heterocycles. The molecule has 0 radical (unpaired) electrons. The third kappa shape index (κ3) is 5.33. The third-order valence-electron chi connectivity index (χ3n) is 6.03. The summed E-state index contributed by atoms with van der Waals surface area (Å²) in [5.41, 5.74) is 2.67. The zero-order valence-corrected chi connectivity index (χ0v) is 22.0. The number of hydrogen-bond acceptors (Lipinski definition) is 7. The highest BCUT2D eigenvalue weighted by Crippen LogP contribution is 2.43. The van der Waals surface area contributed by atoms with E-state index < -0.39 is 17.7 Å². The Hall–Kier alpha value is -3.52. The first-order chi connectivity index (χ1) is 17.1. The van der Waals surface area contributed by atoms with Gasteiger partial charge in [-0.3, -0.25) is 9.59 Å². The summed E-state index contributed by atoms with van der Waals surface area (Å²) >= 11 is 0. The molecule has 8 nitrogen and oxygen atoms in total. The van der Waals surface area contributed by atoms with Crippen molar-refractivity contribution >= 4 is 17.4 Å². The molecular formula is C28H35NO7. The summed E-state index contributed by atoms with van der Waals surface area (Å²) < 4.78 is 22.1. The van der Waals surface area contributed by atoms with Crippen molar-refractivity contribution in [2.24, 2.45) is 0 Å². The highest BCUT2D eigenvalue weighted by atomic mass is 16.5. The zero-order valence-electron chi connectivity index (χ0n) is 22.0. The molecule has 1 saturated heterocycles. The minimum atomic E-state index is -0.825. The second-order valence-corrected chi connectivity index (χ2v) is 9.08. The van der Waals surface area contributed by atoms with Crippen molar-refractivity contribution in [2.45, 2.75) is 46.3 Å². The van der Waals surface area contributed by atoms with Crippen molar-refractivity contribution < 1.29 is 33.6 Å². The van der Waals surface area contributed by atoms with Crippen LogP contribution < -0.4 is 14.2 Å². The number of likely N-dealkylation sites (tertiary alicyclic amines) is 1. The van der Waals surface area contributed by atoms with Gasteiger partial charge in [0.05, 0.1) is 37.5 Å². The number of rotatable bonds is 10. The SMILES string of the molecule is COCCCN1C(=O)C(=O)/C(=C(/O)c2cc(C)cc(C)c2OC)C1c1ccc(OC(C)C)c(OC)c1. The molecule has 0 spiro atoms. The van der Waals surface area contributed by atoms with Crippen molar-refractivity contribution in [3.05, 3.63) is 58.2 Å². The number of ether oxygens (including phenoxy) is 4. The number of amides is 1. The maximum atomic E-state index is 13.3. The molecule has 2 aromatic carbocycles. The molecule has 194 valence electrons. The van der Waals surface area contributed by atoms with Crippen LogP contribution in [0.1, 0.15) is 48.6 Å². The predicted octanol–water partition coefficient (Wildman–Crippen LogP) is 4.57. The van der Waals surface area contributed by atoms with E-state index in [1.165, 1.54) is 19.1 Å². The molecule has 1 aliphatic rings. The average Bonchev–Trinajstić information content (AvgIpc) is 3.08. The minimum absolute atomic E-state index is 0.000276. The van der Waals surface area contributed by atoms with Gasteiger partial charge >= 0.3 is 0 Å². The molecule has 36 heavy (non-hydrogen) atoms. The van der Waals surface area contributed by atoms with Gasteiger partial charge in [-0.25, -0.2) is 0 Å². The van der Waals surface area contributed by atoms with E-state index in [1.54, 1.807) is 31.4 Å². The van der Waals surface area contributed by atoms with Crippen LogP contribution in [0, 0.1) is 13.8 Å². The van der Waals surface area contributed by atoms with Gasteiger partial charge in [0, 0.05) is 20.3 Å². The van der Waals surface area contributed by atoms with E-state index in [2.05, 4.69) is 0 Å². The Morgan fingerprint density at radius 1 is 1.03 bits per heavy atom. The fourth-order valence-corrected chi connectivity index (χ4v) is 4.59. The van der Waals surface area contributed by atoms with Crippen molar-refractivity contribution in [3.63, 3.8) is 0 Å². The number of aliphatic hydroxyl groups is 1. The van der Waals surface area contributed by atoms with Crippen LogP contribution in [0.4, 0.5) is 0 Å². The molecule has 0 aromatic heterocycles. The van der Waals surface area contributed by atoms with Crippen LogP contribution in [-0.4, -0.2) is 62.3 Å². The lowest BCUT2D eigenvalue weighted by Gasteiger charge is -2.26. The molecule has 0 bridgehead atoms. The molecule has 0 aliphatic carbocycles. The molecule has 1 heterocycles. The molecule has 1 N–H and O–H groups in total. The van der Waals surface area contributed by atoms with E-state index in [4.69, 9.17) is 18.9 Å². The molecule has 1 atom stereocenters. The lowest BCUT2D eigenvalue weighted by molar-refractivity contribution is -0.140. The van der Waals surface area contributed by atoms with E-state index in [0.29, 0.717) is 41.4 Å². The van der Waals surface area contributed by atoms with Crippen LogP contribution in [0.3, 0.4) is 0 Å². The number of Topliss-reactive ketones (excluding diaryl/α,β-unsaturated/α-hetero) is 1. The number of carbonyl (C=O) groups is 2. The first kappa shape index (κ1) is 27.1. The van der Waals surface area contributed by atoms with Gasteiger partial charge in [-0.15, -0.1) is 0 Å². The molecular weight excluding hydrogens is 462 g/mol. The fourth-order valence-electron chi connectivity index (χ4n) is 4.59. The predicted molar refractivity (Wildman–Crippen MR) is 137 cm³/mol. The summed E-state index contributed by atoms with van der Waals surface area (Å²) in [5, 5.41) is 11.5.